The molecule has 1 saturated carbocycles. The molecule has 0 spiro atoms. The molecule has 0 radical (unpaired) electrons. The molecule has 2 aliphatic rings. The molecule has 28 heavy (non-hydrogen) atoms. The number of aromatic nitrogens is 1. The number of rotatable bonds is 6. The Balaban J connectivity index is 1.32. The van der Waals surface area contributed by atoms with Crippen LogP contribution in [0.2, 0.25) is 0 Å². The van der Waals surface area contributed by atoms with Crippen LogP contribution in [0.4, 0.5) is 0 Å². The van der Waals surface area contributed by atoms with E-state index in [9.17, 15) is 15.0 Å². The maximum atomic E-state index is 12.0. The highest BCUT2D eigenvalue weighted by Crippen LogP contribution is 2.28. The highest BCUT2D eigenvalue weighted by Gasteiger charge is 2.32. The smallest absolute Gasteiger partial charge is 0.223 e. The third kappa shape index (κ3) is 4.36. The van der Waals surface area contributed by atoms with Crippen molar-refractivity contribution in [1.29, 1.82) is 0 Å². The van der Waals surface area contributed by atoms with Gasteiger partial charge in [0.25, 0.3) is 0 Å². The maximum Gasteiger partial charge on any atom is 0.223 e. The van der Waals surface area contributed by atoms with Crippen LogP contribution in [0.3, 0.4) is 0 Å². The normalized spacial score (nSPS) is 25.2. The zero-order chi connectivity index (χ0) is 19.5. The molecule has 0 bridgehead atoms. The van der Waals surface area contributed by atoms with Gasteiger partial charge in [-0.05, 0) is 37.8 Å². The topological polar surface area (TPSA) is 105 Å². The number of phenolic OH excluding ortho intramolecular Hbond substituents is 1. The third-order valence-corrected chi connectivity index (χ3v) is 5.66. The van der Waals surface area contributed by atoms with E-state index in [2.05, 4.69) is 10.5 Å². The van der Waals surface area contributed by atoms with E-state index in [1.54, 1.807) is 18.2 Å². The lowest BCUT2D eigenvalue weighted by Crippen LogP contribution is -2.48. The molecule has 2 aromatic rings. The van der Waals surface area contributed by atoms with Crippen LogP contribution >= 0.6 is 0 Å². The number of aliphatic hydroxyl groups is 1. The number of ether oxygens (including phenoxy) is 1. The van der Waals surface area contributed by atoms with Gasteiger partial charge in [-0.15, -0.1) is 0 Å². The molecule has 7 nitrogen and oxygen atoms in total. The molecule has 2 heterocycles. The fraction of sp³-hybridized carbons (Fsp3) is 0.524. The summed E-state index contributed by atoms with van der Waals surface area (Å²) in [5, 5.41) is 26.8. The van der Waals surface area contributed by atoms with Crippen LogP contribution in [0, 0.1) is 5.92 Å². The van der Waals surface area contributed by atoms with Crippen LogP contribution < -0.4 is 5.32 Å². The molecule has 150 valence electrons. The van der Waals surface area contributed by atoms with E-state index < -0.39 is 12.2 Å². The molecule has 4 rings (SSSR count). The van der Waals surface area contributed by atoms with E-state index in [1.807, 2.05) is 12.1 Å². The Morgan fingerprint density at radius 1 is 1.21 bits per heavy atom. The van der Waals surface area contributed by atoms with Crippen molar-refractivity contribution in [3.63, 3.8) is 0 Å². The number of hydrogen-bond donors (Lipinski definition) is 3. The fourth-order valence-electron chi connectivity index (χ4n) is 3.74. The van der Waals surface area contributed by atoms with E-state index >= 15 is 0 Å². The molecule has 7 heteroatoms. The van der Waals surface area contributed by atoms with Crippen molar-refractivity contribution in [2.75, 3.05) is 6.54 Å². The minimum atomic E-state index is -0.571. The monoisotopic (exact) mass is 386 g/mol. The quantitative estimate of drug-likeness (QED) is 0.704. The minimum absolute atomic E-state index is 0.0661. The van der Waals surface area contributed by atoms with Crippen molar-refractivity contribution >= 4 is 5.91 Å². The average Bonchev–Trinajstić information content (AvgIpc) is 3.09. The first-order valence-corrected chi connectivity index (χ1v) is 9.94. The SMILES string of the molecule is O=C(NC[C@H]1O[C@H](Cc2cc(-c3cccc(O)c3)on2)CC[C@@H]1O)C1CCC1. The number of nitrogens with zero attached hydrogens (tertiary/aromatic N) is 1. The van der Waals surface area contributed by atoms with Crippen molar-refractivity contribution in [2.45, 2.75) is 56.8 Å². The van der Waals surface area contributed by atoms with Gasteiger partial charge in [-0.3, -0.25) is 4.79 Å². The highest BCUT2D eigenvalue weighted by molar-refractivity contribution is 5.79. The number of hydrogen-bond acceptors (Lipinski definition) is 6. The standard InChI is InChI=1S/C21H26N2O5/c24-16-6-2-5-14(9-16)19-11-15(23-28-19)10-17-7-8-18(25)20(27-17)12-22-21(26)13-3-1-4-13/h2,5-6,9,11,13,17-18,20,24-25H,1,3-4,7-8,10,12H2,(H,22,26)/t17-,18-,20+/m0/s1. The Labute approximate surface area is 163 Å². The first kappa shape index (κ1) is 19.0. The first-order valence-electron chi connectivity index (χ1n) is 9.94. The van der Waals surface area contributed by atoms with Crippen molar-refractivity contribution < 1.29 is 24.3 Å². The summed E-state index contributed by atoms with van der Waals surface area (Å²) in [7, 11) is 0. The van der Waals surface area contributed by atoms with Gasteiger partial charge in [-0.25, -0.2) is 0 Å². The Morgan fingerprint density at radius 2 is 2.07 bits per heavy atom. The summed E-state index contributed by atoms with van der Waals surface area (Å²) in [6.45, 7) is 0.334. The van der Waals surface area contributed by atoms with Crippen molar-refractivity contribution in [3.05, 3.63) is 36.0 Å². The van der Waals surface area contributed by atoms with Gasteiger partial charge in [-0.2, -0.15) is 0 Å². The zero-order valence-electron chi connectivity index (χ0n) is 15.7. The Morgan fingerprint density at radius 3 is 2.82 bits per heavy atom. The van der Waals surface area contributed by atoms with Crippen molar-refractivity contribution in [2.24, 2.45) is 5.92 Å². The summed E-state index contributed by atoms with van der Waals surface area (Å²) in [5.41, 5.74) is 1.52. The van der Waals surface area contributed by atoms with Gasteiger partial charge in [0.1, 0.15) is 11.9 Å². The summed E-state index contributed by atoms with van der Waals surface area (Å²) in [4.78, 5) is 12.0. The molecule has 1 aliphatic carbocycles. The number of amides is 1. The molecule has 2 fully saturated rings. The van der Waals surface area contributed by atoms with Gasteiger partial charge in [0.05, 0.1) is 17.9 Å². The van der Waals surface area contributed by atoms with Crippen LogP contribution in [0.15, 0.2) is 34.9 Å². The Kier molecular flexibility index (Phi) is 5.64. The number of nitrogens with one attached hydrogen (secondary N) is 1. The van der Waals surface area contributed by atoms with Gasteiger partial charge < -0.3 is 24.8 Å². The van der Waals surface area contributed by atoms with E-state index in [0.717, 1.165) is 36.9 Å². The lowest BCUT2D eigenvalue weighted by molar-refractivity contribution is -0.133. The molecule has 3 atom stereocenters. The second-order valence-electron chi connectivity index (χ2n) is 7.75. The van der Waals surface area contributed by atoms with Crippen LogP contribution in [0.1, 0.15) is 37.8 Å². The number of aromatic hydroxyl groups is 1. The number of carbonyl (C=O) groups is 1. The number of phenols is 1. The number of benzene rings is 1. The van der Waals surface area contributed by atoms with E-state index in [-0.39, 0.29) is 23.7 Å². The largest absolute Gasteiger partial charge is 0.508 e. The molecule has 3 N–H and O–H groups in total. The first-order chi connectivity index (χ1) is 13.6. The number of carbonyl (C=O) groups excluding carboxylic acids is 1. The number of aliphatic hydroxyl groups excluding tert-OH is 1. The molecule has 1 aromatic carbocycles. The molecule has 1 saturated heterocycles. The molecule has 1 aliphatic heterocycles. The molecular weight excluding hydrogens is 360 g/mol. The van der Waals surface area contributed by atoms with Crippen LogP contribution in [-0.2, 0) is 16.0 Å². The summed E-state index contributed by atoms with van der Waals surface area (Å²) in [6, 6.07) is 8.67. The third-order valence-electron chi connectivity index (χ3n) is 5.66. The van der Waals surface area contributed by atoms with Gasteiger partial charge in [0.15, 0.2) is 5.76 Å². The van der Waals surface area contributed by atoms with E-state index in [1.165, 1.54) is 0 Å². The van der Waals surface area contributed by atoms with Gasteiger partial charge in [-0.1, -0.05) is 23.7 Å². The molecule has 0 unspecified atom stereocenters. The Hall–Kier alpha value is -2.38. The summed E-state index contributed by atoms with van der Waals surface area (Å²) in [5.74, 6) is 0.955. The second-order valence-corrected chi connectivity index (χ2v) is 7.75. The minimum Gasteiger partial charge on any atom is -0.508 e. The van der Waals surface area contributed by atoms with Crippen LogP contribution in [0.25, 0.3) is 11.3 Å². The van der Waals surface area contributed by atoms with Crippen LogP contribution in [-0.4, -0.2) is 46.1 Å². The molecule has 1 aromatic heterocycles. The summed E-state index contributed by atoms with van der Waals surface area (Å²) >= 11 is 0. The Bertz CT molecular complexity index is 817. The van der Waals surface area contributed by atoms with E-state index in [4.69, 9.17) is 9.26 Å². The average molecular weight is 386 g/mol. The van der Waals surface area contributed by atoms with Gasteiger partial charge in [0.2, 0.25) is 5.91 Å². The lowest BCUT2D eigenvalue weighted by Gasteiger charge is -2.34. The second kappa shape index (κ2) is 8.32. The fourth-order valence-corrected chi connectivity index (χ4v) is 3.74. The van der Waals surface area contributed by atoms with Crippen LogP contribution in [0.5, 0.6) is 5.75 Å². The predicted molar refractivity (Wildman–Crippen MR) is 102 cm³/mol. The zero-order valence-corrected chi connectivity index (χ0v) is 15.7. The molecular formula is C21H26N2O5. The van der Waals surface area contributed by atoms with E-state index in [0.29, 0.717) is 25.1 Å². The lowest BCUT2D eigenvalue weighted by atomic mass is 9.85. The van der Waals surface area contributed by atoms with Crippen molar-refractivity contribution in [1.82, 2.24) is 10.5 Å². The predicted octanol–water partition coefficient (Wildman–Crippen LogP) is 2.41. The molecule has 1 amide bonds. The van der Waals surface area contributed by atoms with Gasteiger partial charge in [0, 0.05) is 30.5 Å². The maximum absolute atomic E-state index is 12.0. The summed E-state index contributed by atoms with van der Waals surface area (Å²) in [6.07, 6.45) is 3.89. The van der Waals surface area contributed by atoms with Crippen molar-refractivity contribution in [3.8, 4) is 17.1 Å². The highest BCUT2D eigenvalue weighted by atomic mass is 16.5. The summed E-state index contributed by atoms with van der Waals surface area (Å²) < 4.78 is 11.4. The van der Waals surface area contributed by atoms with Gasteiger partial charge >= 0.3 is 0 Å².